The SMILES string of the molecule is CO[Si](CCCSCc1nc2ccccc2[nH]1)(OC)OC. The predicted molar refractivity (Wildman–Crippen MR) is 88.5 cm³/mol. The van der Waals surface area contributed by atoms with Crippen LogP contribution in [0.3, 0.4) is 0 Å². The van der Waals surface area contributed by atoms with Crippen LogP contribution in [0.15, 0.2) is 24.3 Å². The van der Waals surface area contributed by atoms with Crippen LogP contribution in [0, 0.1) is 0 Å². The Morgan fingerprint density at radius 1 is 1.14 bits per heavy atom. The van der Waals surface area contributed by atoms with Gasteiger partial charge in [-0.1, -0.05) is 12.1 Å². The summed E-state index contributed by atoms with van der Waals surface area (Å²) >= 11 is 1.86. The molecule has 7 heteroatoms. The molecule has 1 aromatic carbocycles. The number of nitrogens with zero attached hydrogens (tertiary/aromatic N) is 1. The van der Waals surface area contributed by atoms with E-state index in [1.54, 1.807) is 21.3 Å². The average molecular weight is 326 g/mol. The molecule has 0 unspecified atom stereocenters. The summed E-state index contributed by atoms with van der Waals surface area (Å²) in [6.45, 7) is 0. The van der Waals surface area contributed by atoms with E-state index in [1.165, 1.54) is 0 Å². The summed E-state index contributed by atoms with van der Waals surface area (Å²) in [6.07, 6.45) is 1.01. The maximum absolute atomic E-state index is 5.41. The Morgan fingerprint density at radius 2 is 1.86 bits per heavy atom. The topological polar surface area (TPSA) is 56.4 Å². The zero-order valence-corrected chi connectivity index (χ0v) is 14.5. The monoisotopic (exact) mass is 326 g/mol. The lowest BCUT2D eigenvalue weighted by molar-refractivity contribution is 0.123. The Labute approximate surface area is 130 Å². The van der Waals surface area contributed by atoms with Crippen LogP contribution >= 0.6 is 11.8 Å². The van der Waals surface area contributed by atoms with Gasteiger partial charge in [-0.2, -0.15) is 11.8 Å². The lowest BCUT2D eigenvalue weighted by Crippen LogP contribution is -2.42. The number of aromatic amines is 1. The van der Waals surface area contributed by atoms with Gasteiger partial charge in [0.05, 0.1) is 16.8 Å². The van der Waals surface area contributed by atoms with Gasteiger partial charge in [-0.3, -0.25) is 0 Å². The van der Waals surface area contributed by atoms with E-state index < -0.39 is 8.80 Å². The molecule has 21 heavy (non-hydrogen) atoms. The highest BCUT2D eigenvalue weighted by atomic mass is 32.2. The average Bonchev–Trinajstić information content (AvgIpc) is 2.94. The van der Waals surface area contributed by atoms with Crippen molar-refractivity contribution in [1.29, 1.82) is 0 Å². The fourth-order valence-electron chi connectivity index (χ4n) is 2.19. The Balaban J connectivity index is 1.74. The molecule has 2 rings (SSSR count). The van der Waals surface area contributed by atoms with Gasteiger partial charge in [0.1, 0.15) is 5.82 Å². The number of thioether (sulfide) groups is 1. The van der Waals surface area contributed by atoms with E-state index in [0.717, 1.165) is 40.8 Å². The number of imidazole rings is 1. The van der Waals surface area contributed by atoms with E-state index in [-0.39, 0.29) is 0 Å². The molecule has 5 nitrogen and oxygen atoms in total. The van der Waals surface area contributed by atoms with Crippen molar-refractivity contribution in [3.8, 4) is 0 Å². The second kappa shape index (κ2) is 7.95. The largest absolute Gasteiger partial charge is 0.500 e. The van der Waals surface area contributed by atoms with Crippen LogP contribution in [-0.2, 0) is 19.0 Å². The van der Waals surface area contributed by atoms with Crippen LogP contribution in [0.5, 0.6) is 0 Å². The number of hydrogen-bond acceptors (Lipinski definition) is 5. The van der Waals surface area contributed by atoms with Crippen LogP contribution in [0.25, 0.3) is 11.0 Å². The molecule has 0 fully saturated rings. The summed E-state index contributed by atoms with van der Waals surface area (Å²) in [7, 11) is 2.55. The van der Waals surface area contributed by atoms with Crippen molar-refractivity contribution in [2.24, 2.45) is 0 Å². The molecule has 0 aliphatic carbocycles. The lowest BCUT2D eigenvalue weighted by Gasteiger charge is -2.24. The van der Waals surface area contributed by atoms with Crippen molar-refractivity contribution in [3.63, 3.8) is 0 Å². The number of H-pyrrole nitrogens is 1. The summed E-state index contributed by atoms with van der Waals surface area (Å²) < 4.78 is 16.2. The summed E-state index contributed by atoms with van der Waals surface area (Å²) in [4.78, 5) is 7.90. The number of fused-ring (bicyclic) bond motifs is 1. The Bertz CT molecular complexity index is 519. The highest BCUT2D eigenvalue weighted by molar-refractivity contribution is 7.98. The zero-order valence-electron chi connectivity index (χ0n) is 12.7. The van der Waals surface area contributed by atoms with Gasteiger partial charge in [0.2, 0.25) is 0 Å². The summed E-state index contributed by atoms with van der Waals surface area (Å²) in [5.74, 6) is 2.94. The minimum atomic E-state index is -2.41. The third-order valence-electron chi connectivity index (χ3n) is 3.38. The van der Waals surface area contributed by atoms with Crippen LogP contribution in [0.2, 0.25) is 6.04 Å². The van der Waals surface area contributed by atoms with Gasteiger partial charge in [-0.25, -0.2) is 4.98 Å². The third kappa shape index (κ3) is 4.30. The van der Waals surface area contributed by atoms with Crippen molar-refractivity contribution in [1.82, 2.24) is 9.97 Å². The van der Waals surface area contributed by atoms with Gasteiger partial charge in [-0.15, -0.1) is 0 Å². The van der Waals surface area contributed by atoms with Gasteiger partial charge in [0, 0.05) is 27.4 Å². The van der Waals surface area contributed by atoms with E-state index in [2.05, 4.69) is 9.97 Å². The van der Waals surface area contributed by atoms with Crippen molar-refractivity contribution in [2.45, 2.75) is 18.2 Å². The molecule has 0 aliphatic rings. The van der Waals surface area contributed by atoms with Crippen LogP contribution < -0.4 is 0 Å². The molecule has 0 radical (unpaired) electrons. The maximum atomic E-state index is 5.41. The van der Waals surface area contributed by atoms with Crippen molar-refractivity contribution >= 4 is 31.6 Å². The van der Waals surface area contributed by atoms with Crippen molar-refractivity contribution in [3.05, 3.63) is 30.1 Å². The molecule has 0 saturated carbocycles. The molecule has 0 aliphatic heterocycles. The van der Waals surface area contributed by atoms with E-state index in [1.807, 2.05) is 36.0 Å². The van der Waals surface area contributed by atoms with E-state index in [0.29, 0.717) is 0 Å². The first-order chi connectivity index (χ1) is 10.2. The quantitative estimate of drug-likeness (QED) is 0.567. The van der Waals surface area contributed by atoms with Crippen LogP contribution in [0.1, 0.15) is 12.2 Å². The zero-order chi connectivity index (χ0) is 15.1. The van der Waals surface area contributed by atoms with Gasteiger partial charge < -0.3 is 18.3 Å². The smallest absolute Gasteiger partial charge is 0.377 e. The number of aromatic nitrogens is 2. The van der Waals surface area contributed by atoms with E-state index in [4.69, 9.17) is 13.3 Å². The molecule has 1 N–H and O–H groups in total. The molecule has 1 aromatic heterocycles. The maximum Gasteiger partial charge on any atom is 0.500 e. The number of benzene rings is 1. The molecular weight excluding hydrogens is 304 g/mol. The van der Waals surface area contributed by atoms with Crippen LogP contribution in [-0.4, -0.2) is 45.9 Å². The highest BCUT2D eigenvalue weighted by Crippen LogP contribution is 2.19. The second-order valence-corrected chi connectivity index (χ2v) is 8.85. The molecule has 2 aromatic rings. The van der Waals surface area contributed by atoms with Crippen LogP contribution in [0.4, 0.5) is 0 Å². The highest BCUT2D eigenvalue weighted by Gasteiger charge is 2.36. The molecule has 116 valence electrons. The molecule has 0 spiro atoms. The second-order valence-electron chi connectivity index (χ2n) is 4.65. The lowest BCUT2D eigenvalue weighted by atomic mass is 10.3. The number of para-hydroxylation sites is 2. The Morgan fingerprint density at radius 3 is 2.52 bits per heavy atom. The first-order valence-corrected chi connectivity index (χ1v) is 9.98. The summed E-state index contributed by atoms with van der Waals surface area (Å²) in [5, 5.41) is 0. The van der Waals surface area contributed by atoms with E-state index in [9.17, 15) is 0 Å². The predicted octanol–water partition coefficient (Wildman–Crippen LogP) is 3.06. The third-order valence-corrected chi connectivity index (χ3v) is 7.27. The normalized spacial score (nSPS) is 12.1. The molecule has 0 bridgehead atoms. The minimum Gasteiger partial charge on any atom is -0.377 e. The number of nitrogens with one attached hydrogen (secondary N) is 1. The molecular formula is C14H22N2O3SSi. The number of hydrogen-bond donors (Lipinski definition) is 1. The van der Waals surface area contributed by atoms with Gasteiger partial charge in [0.25, 0.3) is 0 Å². The van der Waals surface area contributed by atoms with E-state index >= 15 is 0 Å². The summed E-state index contributed by atoms with van der Waals surface area (Å²) in [5.41, 5.74) is 2.12. The summed E-state index contributed by atoms with van der Waals surface area (Å²) in [6, 6.07) is 8.93. The van der Waals surface area contributed by atoms with Crippen molar-refractivity contribution < 1.29 is 13.3 Å². The fraction of sp³-hybridized carbons (Fsp3) is 0.500. The number of rotatable bonds is 9. The first kappa shape index (κ1) is 16.5. The van der Waals surface area contributed by atoms with Gasteiger partial charge >= 0.3 is 8.80 Å². The molecule has 0 amide bonds. The van der Waals surface area contributed by atoms with Crippen molar-refractivity contribution in [2.75, 3.05) is 27.1 Å². The van der Waals surface area contributed by atoms with Gasteiger partial charge in [0.15, 0.2) is 0 Å². The standard InChI is InChI=1S/C14H22N2O3SSi/c1-17-21(18-2,19-3)10-6-9-20-11-14-15-12-7-4-5-8-13(12)16-14/h4-5,7-8H,6,9-11H2,1-3H3,(H,15,16). The molecule has 1 heterocycles. The Kier molecular flexibility index (Phi) is 6.25. The Hall–Kier alpha value is -0.863. The first-order valence-electron chi connectivity index (χ1n) is 6.90. The molecule has 0 saturated heterocycles. The van der Waals surface area contributed by atoms with Gasteiger partial charge in [-0.05, 0) is 24.3 Å². The minimum absolute atomic E-state index is 0.837. The fourth-order valence-corrected chi connectivity index (χ4v) is 4.99. The molecule has 0 atom stereocenters.